The van der Waals surface area contributed by atoms with Gasteiger partial charge in [-0.3, -0.25) is 19.5 Å². The van der Waals surface area contributed by atoms with Crippen LogP contribution in [0, 0.1) is 0 Å². The summed E-state index contributed by atoms with van der Waals surface area (Å²) in [6, 6.07) is 29.1. The molecule has 1 aromatic heterocycles. The first-order chi connectivity index (χ1) is 20.5. The summed E-state index contributed by atoms with van der Waals surface area (Å²) in [7, 11) is 0. The molecule has 0 aliphatic carbocycles. The molecule has 43 heavy (non-hydrogen) atoms. The second-order valence-corrected chi connectivity index (χ2v) is 9.98. The molecule has 1 saturated heterocycles. The van der Waals surface area contributed by atoms with Crippen molar-refractivity contribution in [2.75, 3.05) is 44.7 Å². The van der Waals surface area contributed by atoms with Crippen LogP contribution in [0.3, 0.4) is 0 Å². The summed E-state index contributed by atoms with van der Waals surface area (Å²) in [5.74, 6) is -1.90. The number of rotatable bonds is 10. The summed E-state index contributed by atoms with van der Waals surface area (Å²) < 4.78 is 5.42. The van der Waals surface area contributed by atoms with Gasteiger partial charge in [0.25, 0.3) is 0 Å². The molecule has 5 rings (SSSR count). The molecule has 216 valence electrons. The predicted molar refractivity (Wildman–Crippen MR) is 160 cm³/mol. The molecule has 0 spiro atoms. The van der Waals surface area contributed by atoms with E-state index in [2.05, 4.69) is 39.5 Å². The van der Waals surface area contributed by atoms with Crippen molar-refractivity contribution in [1.82, 2.24) is 14.8 Å². The van der Waals surface area contributed by atoms with Gasteiger partial charge >= 0.3 is 35.5 Å². The van der Waals surface area contributed by atoms with Crippen molar-refractivity contribution in [2.24, 2.45) is 0 Å². The first-order valence-electron chi connectivity index (χ1n) is 13.8. The average molecular weight is 589 g/mol. The van der Waals surface area contributed by atoms with E-state index in [0.29, 0.717) is 31.7 Å². The van der Waals surface area contributed by atoms with Gasteiger partial charge in [0.2, 0.25) is 11.8 Å². The molecule has 0 unspecified atom stereocenters. The fourth-order valence-corrected chi connectivity index (χ4v) is 5.18. The predicted octanol–water partition coefficient (Wildman–Crippen LogP) is 1.45. The summed E-state index contributed by atoms with van der Waals surface area (Å²) in [6.45, 7) is 1.90. The molecule has 0 saturated carbocycles. The fourth-order valence-electron chi connectivity index (χ4n) is 5.18. The van der Waals surface area contributed by atoms with Crippen LogP contribution in [-0.4, -0.2) is 77.1 Å². The van der Waals surface area contributed by atoms with E-state index >= 15 is 0 Å². The molecule has 9 nitrogen and oxygen atoms in total. The van der Waals surface area contributed by atoms with Crippen LogP contribution in [0.4, 0.5) is 5.69 Å². The van der Waals surface area contributed by atoms with Crippen LogP contribution < -0.4 is 34.9 Å². The zero-order chi connectivity index (χ0) is 29.3. The van der Waals surface area contributed by atoms with Crippen LogP contribution in [0.15, 0.2) is 103 Å². The summed E-state index contributed by atoms with van der Waals surface area (Å²) in [5, 5.41) is 12.3. The number of piperazine rings is 1. The SMILES string of the molecule is O=C(COCC(=O)N1CCN(C(c2ccccc2)c2ccccc2)CC1)Nc1ccc(-c2ccncc2)cc1C(=O)O.[H-].[Na+]. The number of anilines is 1. The summed E-state index contributed by atoms with van der Waals surface area (Å²) >= 11 is 0. The molecular weight excluding hydrogens is 555 g/mol. The fraction of sp³-hybridized carbons (Fsp3) is 0.212. The monoisotopic (exact) mass is 588 g/mol. The Bertz CT molecular complexity index is 1480. The maximum absolute atomic E-state index is 12.8. The van der Waals surface area contributed by atoms with Crippen LogP contribution >= 0.6 is 0 Å². The van der Waals surface area contributed by atoms with Gasteiger partial charge < -0.3 is 21.5 Å². The maximum atomic E-state index is 12.8. The zero-order valence-corrected chi connectivity index (χ0v) is 26.1. The Morgan fingerprint density at radius 2 is 1.42 bits per heavy atom. The Hall–Kier alpha value is -3.86. The standard InChI is InChI=1S/C33H32N4O5.Na.H/c38-30(35-29-12-11-27(21-28(29)33(40)41)24-13-15-34-16-14-24)22-42-23-31(39)36-17-19-37(20-18-36)32(25-7-3-1-4-8-25)26-9-5-2-6-10-26;;/h1-16,21,32H,17-20,22-23H2,(H,35,38)(H,40,41);;/q;+1;-1. The number of nitrogens with zero attached hydrogens (tertiary/aromatic N) is 3. The van der Waals surface area contributed by atoms with E-state index in [-0.39, 0.29) is 67.4 Å². The molecule has 1 aliphatic heterocycles. The third-order valence-electron chi connectivity index (χ3n) is 7.26. The molecule has 1 aliphatic rings. The molecule has 10 heteroatoms. The van der Waals surface area contributed by atoms with E-state index in [4.69, 9.17) is 4.74 Å². The number of ether oxygens (including phenoxy) is 1. The number of hydrogen-bond donors (Lipinski definition) is 2. The number of benzene rings is 3. The Morgan fingerprint density at radius 3 is 2.00 bits per heavy atom. The third kappa shape index (κ3) is 8.37. The van der Waals surface area contributed by atoms with Crippen molar-refractivity contribution in [1.29, 1.82) is 0 Å². The number of pyridine rings is 1. The van der Waals surface area contributed by atoms with Crippen LogP contribution in [0.2, 0.25) is 0 Å². The first-order valence-corrected chi connectivity index (χ1v) is 13.8. The van der Waals surface area contributed by atoms with Crippen LogP contribution in [0.25, 0.3) is 11.1 Å². The quantitative estimate of drug-likeness (QED) is 0.270. The number of carboxylic acids is 1. The zero-order valence-electron chi connectivity index (χ0n) is 25.1. The van der Waals surface area contributed by atoms with E-state index in [9.17, 15) is 19.5 Å². The average Bonchev–Trinajstić information content (AvgIpc) is 3.03. The van der Waals surface area contributed by atoms with Gasteiger partial charge in [0.15, 0.2) is 0 Å². The van der Waals surface area contributed by atoms with E-state index < -0.39 is 11.9 Å². The largest absolute Gasteiger partial charge is 1.00 e. The van der Waals surface area contributed by atoms with Gasteiger partial charge in [-0.25, -0.2) is 4.79 Å². The number of hydrogen-bond acceptors (Lipinski definition) is 6. The van der Waals surface area contributed by atoms with E-state index in [1.54, 1.807) is 41.6 Å². The van der Waals surface area contributed by atoms with Gasteiger partial charge in [0.1, 0.15) is 13.2 Å². The Labute approximate surface area is 274 Å². The molecule has 1 fully saturated rings. The van der Waals surface area contributed by atoms with Gasteiger partial charge in [0, 0.05) is 38.6 Å². The van der Waals surface area contributed by atoms with Gasteiger partial charge in [-0.1, -0.05) is 66.7 Å². The second kappa shape index (κ2) is 15.6. The molecule has 2 amide bonds. The molecule has 0 atom stereocenters. The second-order valence-electron chi connectivity index (χ2n) is 9.98. The maximum Gasteiger partial charge on any atom is 1.00 e. The number of amides is 2. The van der Waals surface area contributed by atoms with Gasteiger partial charge in [0.05, 0.1) is 17.3 Å². The number of carbonyl (C=O) groups is 3. The molecule has 0 radical (unpaired) electrons. The Balaban J connectivity index is 0.00000264. The number of aromatic nitrogens is 1. The van der Waals surface area contributed by atoms with Crippen molar-refractivity contribution in [2.45, 2.75) is 6.04 Å². The number of aromatic carboxylic acids is 1. The molecule has 3 aromatic carbocycles. The number of nitrogens with one attached hydrogen (secondary N) is 1. The molecule has 4 aromatic rings. The minimum Gasteiger partial charge on any atom is -1.00 e. The number of carbonyl (C=O) groups excluding carboxylic acids is 2. The van der Waals surface area contributed by atoms with Crippen molar-refractivity contribution in [3.8, 4) is 11.1 Å². The van der Waals surface area contributed by atoms with Gasteiger partial charge in [-0.2, -0.15) is 0 Å². The van der Waals surface area contributed by atoms with Gasteiger partial charge in [-0.15, -0.1) is 0 Å². The minimum absolute atomic E-state index is 0. The van der Waals surface area contributed by atoms with E-state index in [0.717, 1.165) is 5.56 Å². The van der Waals surface area contributed by atoms with E-state index in [1.807, 2.05) is 36.4 Å². The Morgan fingerprint density at radius 1 is 0.814 bits per heavy atom. The first kappa shape index (κ1) is 32.1. The van der Waals surface area contributed by atoms with Crippen LogP contribution in [-0.2, 0) is 14.3 Å². The summed E-state index contributed by atoms with van der Waals surface area (Å²) in [4.78, 5) is 45.3. The van der Waals surface area contributed by atoms with Crippen LogP contribution in [0.5, 0.6) is 0 Å². The normalized spacial score (nSPS) is 13.3. The third-order valence-corrected chi connectivity index (χ3v) is 7.26. The Kier molecular flexibility index (Phi) is 11.6. The van der Waals surface area contributed by atoms with E-state index in [1.165, 1.54) is 17.2 Å². The molecular formula is C33H33N4NaO5. The van der Waals surface area contributed by atoms with Crippen molar-refractivity contribution in [3.63, 3.8) is 0 Å². The molecule has 2 heterocycles. The van der Waals surface area contributed by atoms with Crippen molar-refractivity contribution >= 4 is 23.5 Å². The molecule has 0 bridgehead atoms. The topological polar surface area (TPSA) is 112 Å². The van der Waals surface area contributed by atoms with Crippen molar-refractivity contribution < 1.29 is 55.2 Å². The number of carboxylic acid groups (broad SMARTS) is 1. The molecule has 2 N–H and O–H groups in total. The summed E-state index contributed by atoms with van der Waals surface area (Å²) in [5.41, 5.74) is 4.02. The smallest absolute Gasteiger partial charge is 1.00 e. The van der Waals surface area contributed by atoms with Gasteiger partial charge in [-0.05, 0) is 46.5 Å². The minimum atomic E-state index is -1.17. The van der Waals surface area contributed by atoms with Crippen molar-refractivity contribution in [3.05, 3.63) is 120 Å². The van der Waals surface area contributed by atoms with Crippen LogP contribution in [0.1, 0.15) is 29.0 Å². The summed E-state index contributed by atoms with van der Waals surface area (Å²) in [6.07, 6.45) is 3.24.